The molecule has 1 aliphatic carbocycles. The van der Waals surface area contributed by atoms with E-state index in [0.29, 0.717) is 23.9 Å². The second-order valence-electron chi connectivity index (χ2n) is 6.03. The van der Waals surface area contributed by atoms with Crippen LogP contribution in [0.4, 0.5) is 0 Å². The lowest BCUT2D eigenvalue weighted by Gasteiger charge is -2.23. The number of carboxylic acids is 1. The number of carboxylic acid groups (broad SMARTS) is 1. The zero-order valence-electron chi connectivity index (χ0n) is 11.8. The molecule has 2 aliphatic heterocycles. The van der Waals surface area contributed by atoms with Gasteiger partial charge in [0.1, 0.15) is 11.3 Å². The molecule has 1 aromatic rings. The fourth-order valence-electron chi connectivity index (χ4n) is 3.23. The third-order valence-corrected chi connectivity index (χ3v) is 5.94. The van der Waals surface area contributed by atoms with Crippen LogP contribution in [-0.2, 0) is 4.74 Å². The highest BCUT2D eigenvalue weighted by molar-refractivity contribution is 8.00. The first-order chi connectivity index (χ1) is 10.6. The monoisotopic (exact) mass is 321 g/mol. The van der Waals surface area contributed by atoms with Crippen LogP contribution < -0.4 is 10.4 Å². The summed E-state index contributed by atoms with van der Waals surface area (Å²) in [6.07, 6.45) is 0.848. The molecular formula is C14H16BNO5S. The van der Waals surface area contributed by atoms with Crippen LogP contribution in [0.1, 0.15) is 28.3 Å². The number of ether oxygens (including phenoxy) is 1. The zero-order chi connectivity index (χ0) is 15.4. The van der Waals surface area contributed by atoms with Crippen molar-refractivity contribution < 1.29 is 24.3 Å². The number of nitrogens with two attached hydrogens (primary N) is 1. The number of carbonyl (C=O) groups is 1. The number of hydrogen-bond donors (Lipinski definition) is 3. The van der Waals surface area contributed by atoms with Gasteiger partial charge in [-0.3, -0.25) is 0 Å². The molecule has 3 aliphatic rings. The highest BCUT2D eigenvalue weighted by Gasteiger charge is 2.54. The van der Waals surface area contributed by atoms with Crippen molar-refractivity contribution in [2.45, 2.75) is 34.3 Å². The third kappa shape index (κ3) is 2.22. The van der Waals surface area contributed by atoms with Crippen molar-refractivity contribution >= 4 is 24.8 Å². The molecule has 2 heterocycles. The van der Waals surface area contributed by atoms with Crippen LogP contribution >= 0.6 is 11.8 Å². The molecule has 6 nitrogen and oxygen atoms in total. The van der Waals surface area contributed by atoms with Gasteiger partial charge in [0.25, 0.3) is 0 Å². The number of aromatic carboxylic acids is 1. The minimum Gasteiger partial charge on any atom is -0.535 e. The van der Waals surface area contributed by atoms with Crippen molar-refractivity contribution in [3.8, 4) is 5.75 Å². The Labute approximate surface area is 132 Å². The molecule has 0 aromatic heterocycles. The molecule has 2 fully saturated rings. The quantitative estimate of drug-likeness (QED) is 0.712. The van der Waals surface area contributed by atoms with Gasteiger partial charge in [-0.15, -0.1) is 11.8 Å². The van der Waals surface area contributed by atoms with E-state index in [0.717, 1.165) is 12.0 Å². The van der Waals surface area contributed by atoms with Gasteiger partial charge < -0.3 is 25.3 Å². The Balaban J connectivity index is 1.73. The molecular weight excluding hydrogens is 305 g/mol. The summed E-state index contributed by atoms with van der Waals surface area (Å²) in [5, 5.41) is 19.6. The zero-order valence-corrected chi connectivity index (χ0v) is 12.6. The van der Waals surface area contributed by atoms with Gasteiger partial charge in [0.15, 0.2) is 0 Å². The van der Waals surface area contributed by atoms with Crippen molar-refractivity contribution in [3.05, 3.63) is 23.3 Å². The van der Waals surface area contributed by atoms with E-state index in [9.17, 15) is 14.9 Å². The van der Waals surface area contributed by atoms with Crippen LogP contribution in [0, 0.1) is 0 Å². The topological polar surface area (TPSA) is 102 Å². The summed E-state index contributed by atoms with van der Waals surface area (Å²) >= 11 is 1.41. The molecule has 0 radical (unpaired) electrons. The third-order valence-electron chi connectivity index (χ3n) is 4.56. The van der Waals surface area contributed by atoms with Crippen molar-refractivity contribution in [2.75, 3.05) is 13.2 Å². The van der Waals surface area contributed by atoms with Gasteiger partial charge in [-0.25, -0.2) is 4.79 Å². The number of hydrogen-bond acceptors (Lipinski definition) is 6. The average Bonchev–Trinajstić information content (AvgIpc) is 3.18. The van der Waals surface area contributed by atoms with Crippen LogP contribution in [0.3, 0.4) is 0 Å². The number of fused-ring (bicyclic) bond motifs is 3. The molecule has 0 amide bonds. The SMILES string of the molecule is N[C@H]1COC[C@@H]1Sc1ccc2c(c1C(=O)O)OB(O)[C@@H]1C[C@H]21. The van der Waals surface area contributed by atoms with E-state index in [1.807, 2.05) is 12.1 Å². The van der Waals surface area contributed by atoms with E-state index in [1.54, 1.807) is 0 Å². The standard InChI is InChI=1S/C14H16BNO5S/c16-9-4-20-5-11(9)22-10-2-1-6-7-3-8(7)15(19)21-13(6)12(10)14(17)18/h1-2,7-9,11,19H,3-5,16H2,(H,17,18)/t7-,8-,9+,11+/m1/s1. The normalized spacial score (nSPS) is 32.2. The second-order valence-corrected chi connectivity index (χ2v) is 7.32. The van der Waals surface area contributed by atoms with Gasteiger partial charge in [-0.1, -0.05) is 6.07 Å². The minimum atomic E-state index is -1.04. The number of benzene rings is 1. The van der Waals surface area contributed by atoms with Crippen molar-refractivity contribution in [3.63, 3.8) is 0 Å². The lowest BCUT2D eigenvalue weighted by atomic mass is 9.77. The Bertz CT molecular complexity index is 642. The predicted octanol–water partition coefficient (Wildman–Crippen LogP) is 0.933. The van der Waals surface area contributed by atoms with E-state index in [4.69, 9.17) is 15.1 Å². The van der Waals surface area contributed by atoms with Gasteiger partial charge in [-0.2, -0.15) is 0 Å². The fourth-order valence-corrected chi connectivity index (χ4v) is 4.42. The van der Waals surface area contributed by atoms with Crippen molar-refractivity contribution in [1.29, 1.82) is 0 Å². The van der Waals surface area contributed by atoms with E-state index >= 15 is 0 Å². The highest BCUT2D eigenvalue weighted by Crippen LogP contribution is 2.60. The largest absolute Gasteiger partial charge is 0.535 e. The van der Waals surface area contributed by atoms with E-state index in [2.05, 4.69) is 0 Å². The first-order valence-electron chi connectivity index (χ1n) is 7.31. The molecule has 0 spiro atoms. The first-order valence-corrected chi connectivity index (χ1v) is 8.19. The Morgan fingerprint density at radius 3 is 2.91 bits per heavy atom. The Kier molecular flexibility index (Phi) is 3.37. The molecule has 0 bridgehead atoms. The summed E-state index contributed by atoms with van der Waals surface area (Å²) in [4.78, 5) is 12.4. The number of rotatable bonds is 3. The number of thioether (sulfide) groups is 1. The van der Waals surface area contributed by atoms with Gasteiger partial charge in [0.2, 0.25) is 0 Å². The summed E-state index contributed by atoms with van der Waals surface area (Å²) in [7, 11) is -0.909. The van der Waals surface area contributed by atoms with E-state index < -0.39 is 13.1 Å². The maximum absolute atomic E-state index is 11.7. The highest BCUT2D eigenvalue weighted by atomic mass is 32.2. The molecule has 1 saturated heterocycles. The van der Waals surface area contributed by atoms with E-state index in [-0.39, 0.29) is 28.6 Å². The molecule has 8 heteroatoms. The fraction of sp³-hybridized carbons (Fsp3) is 0.500. The van der Waals surface area contributed by atoms with Crippen molar-refractivity contribution in [2.24, 2.45) is 5.73 Å². The maximum Gasteiger partial charge on any atom is 0.526 e. The minimum absolute atomic E-state index is 0.0262. The molecule has 1 aromatic carbocycles. The van der Waals surface area contributed by atoms with Crippen LogP contribution in [0.2, 0.25) is 5.82 Å². The first kappa shape index (κ1) is 14.4. The molecule has 4 atom stereocenters. The molecule has 4 N–H and O–H groups in total. The molecule has 116 valence electrons. The summed E-state index contributed by atoms with van der Waals surface area (Å²) in [5.41, 5.74) is 7.00. The molecule has 0 unspecified atom stereocenters. The van der Waals surface area contributed by atoms with Crippen LogP contribution in [0.5, 0.6) is 5.75 Å². The van der Waals surface area contributed by atoms with E-state index in [1.165, 1.54) is 11.8 Å². The van der Waals surface area contributed by atoms with Crippen LogP contribution in [0.25, 0.3) is 0 Å². The summed E-state index contributed by atoms with van der Waals surface area (Å²) in [6.45, 7) is 1.00. The van der Waals surface area contributed by atoms with Crippen LogP contribution in [0.15, 0.2) is 17.0 Å². The molecule has 22 heavy (non-hydrogen) atoms. The lowest BCUT2D eigenvalue weighted by molar-refractivity contribution is 0.0690. The summed E-state index contributed by atoms with van der Waals surface area (Å²) in [5.74, 6) is -0.411. The van der Waals surface area contributed by atoms with Gasteiger partial charge in [-0.05, 0) is 24.0 Å². The van der Waals surface area contributed by atoms with Crippen molar-refractivity contribution in [1.82, 2.24) is 0 Å². The summed E-state index contributed by atoms with van der Waals surface area (Å²) < 4.78 is 10.8. The van der Waals surface area contributed by atoms with Gasteiger partial charge in [0, 0.05) is 16.8 Å². The van der Waals surface area contributed by atoms with Crippen LogP contribution in [-0.4, -0.2) is 47.7 Å². The van der Waals surface area contributed by atoms with Gasteiger partial charge >= 0.3 is 13.1 Å². The second kappa shape index (κ2) is 5.16. The smallest absolute Gasteiger partial charge is 0.526 e. The Morgan fingerprint density at radius 2 is 2.23 bits per heavy atom. The summed E-state index contributed by atoms with van der Waals surface area (Å²) in [6, 6.07) is 3.64. The predicted molar refractivity (Wildman–Crippen MR) is 81.5 cm³/mol. The Morgan fingerprint density at radius 1 is 1.41 bits per heavy atom. The molecule has 4 rings (SSSR count). The van der Waals surface area contributed by atoms with Gasteiger partial charge in [0.05, 0.1) is 18.5 Å². The maximum atomic E-state index is 11.7. The average molecular weight is 321 g/mol. The Hall–Kier alpha value is -1.22. The lowest BCUT2D eigenvalue weighted by Crippen LogP contribution is -2.31. The molecule has 1 saturated carbocycles.